The molecule has 0 saturated heterocycles. The Labute approximate surface area is 81.5 Å². The van der Waals surface area contributed by atoms with Gasteiger partial charge in [0.2, 0.25) is 0 Å². The van der Waals surface area contributed by atoms with E-state index in [0.717, 1.165) is 11.0 Å². The van der Waals surface area contributed by atoms with Gasteiger partial charge in [-0.2, -0.15) is 0 Å². The second-order valence-corrected chi connectivity index (χ2v) is 3.15. The molecule has 5 heteroatoms. The van der Waals surface area contributed by atoms with Crippen molar-refractivity contribution in [2.75, 3.05) is 14.1 Å². The second-order valence-electron chi connectivity index (χ2n) is 3.15. The molecule has 2 aromatic rings. The van der Waals surface area contributed by atoms with Crippen molar-refractivity contribution >= 4 is 23.3 Å². The van der Waals surface area contributed by atoms with Crippen molar-refractivity contribution in [3.63, 3.8) is 0 Å². The normalized spacial score (nSPS) is 11.3. The third-order valence-electron chi connectivity index (χ3n) is 1.69. The average Bonchev–Trinajstić information content (AvgIpc) is 2.61. The number of hydrogen-bond acceptors (Lipinski definition) is 3. The lowest BCUT2D eigenvalue weighted by Crippen LogP contribution is -2.07. The third-order valence-corrected chi connectivity index (χ3v) is 1.69. The van der Waals surface area contributed by atoms with Crippen LogP contribution in [-0.2, 0) is 0 Å². The Bertz CT molecular complexity index is 457. The van der Waals surface area contributed by atoms with Crippen LogP contribution in [0.25, 0.3) is 11.0 Å². The van der Waals surface area contributed by atoms with Gasteiger partial charge in [-0.05, 0) is 6.07 Å². The monoisotopic (exact) mass is 189 g/mol. The number of rotatable bonds is 2. The van der Waals surface area contributed by atoms with E-state index in [0.29, 0.717) is 5.95 Å². The summed E-state index contributed by atoms with van der Waals surface area (Å²) in [6.07, 6.45) is 5.23. The smallest absolute Gasteiger partial charge is 0.251 e. The lowest BCUT2D eigenvalue weighted by molar-refractivity contribution is 0.642. The van der Waals surface area contributed by atoms with E-state index in [1.807, 2.05) is 31.3 Å². The van der Waals surface area contributed by atoms with Crippen LogP contribution in [0.1, 0.15) is 0 Å². The van der Waals surface area contributed by atoms with Crippen molar-refractivity contribution in [1.29, 1.82) is 0 Å². The first kappa shape index (κ1) is 8.68. The van der Waals surface area contributed by atoms with Crippen molar-refractivity contribution in [2.24, 2.45) is 4.99 Å². The van der Waals surface area contributed by atoms with Gasteiger partial charge in [-0.1, -0.05) is 0 Å². The molecule has 0 bridgehead atoms. The molecule has 72 valence electrons. The molecule has 0 radical (unpaired) electrons. The largest absolute Gasteiger partial charge is 0.369 e. The zero-order chi connectivity index (χ0) is 9.97. The Balaban J connectivity index is 2.34. The quantitative estimate of drug-likeness (QED) is 0.570. The predicted octanol–water partition coefficient (Wildman–Crippen LogP) is 1.18. The van der Waals surface area contributed by atoms with Gasteiger partial charge in [0.25, 0.3) is 5.95 Å². The van der Waals surface area contributed by atoms with Crippen LogP contribution in [0.2, 0.25) is 0 Å². The van der Waals surface area contributed by atoms with Gasteiger partial charge in [0, 0.05) is 20.3 Å². The molecule has 14 heavy (non-hydrogen) atoms. The molecule has 0 unspecified atom stereocenters. The molecule has 0 aliphatic heterocycles. The van der Waals surface area contributed by atoms with Crippen molar-refractivity contribution in [2.45, 2.75) is 0 Å². The van der Waals surface area contributed by atoms with E-state index >= 15 is 0 Å². The molecule has 2 heterocycles. The van der Waals surface area contributed by atoms with Crippen LogP contribution >= 0.6 is 0 Å². The van der Waals surface area contributed by atoms with Crippen LogP contribution < -0.4 is 0 Å². The fraction of sp³-hybridized carbons (Fsp3) is 0.222. The lowest BCUT2D eigenvalue weighted by Gasteiger charge is -2.00. The maximum Gasteiger partial charge on any atom is 0.251 e. The summed E-state index contributed by atoms with van der Waals surface area (Å²) in [4.78, 5) is 17.3. The van der Waals surface area contributed by atoms with E-state index in [4.69, 9.17) is 0 Å². The summed E-state index contributed by atoms with van der Waals surface area (Å²) in [5, 5.41) is 0. The number of H-pyrrole nitrogens is 1. The van der Waals surface area contributed by atoms with Gasteiger partial charge in [-0.3, -0.25) is 0 Å². The van der Waals surface area contributed by atoms with Crippen molar-refractivity contribution in [1.82, 2.24) is 19.9 Å². The summed E-state index contributed by atoms with van der Waals surface area (Å²) in [6.45, 7) is 0. The number of aromatic amines is 1. The maximum atomic E-state index is 4.24. The van der Waals surface area contributed by atoms with E-state index in [1.54, 1.807) is 12.5 Å². The van der Waals surface area contributed by atoms with E-state index in [9.17, 15) is 0 Å². The molecule has 0 amide bonds. The standard InChI is InChI=1S/C9H11N5/c1-14(2)6-12-9-11-5-8-7(13-9)3-4-10-8/h3-6,10H,1-2H3/b12-6+. The molecule has 0 aliphatic carbocycles. The minimum atomic E-state index is 0.478. The van der Waals surface area contributed by atoms with Crippen molar-refractivity contribution in [3.8, 4) is 0 Å². The number of nitrogens with zero attached hydrogens (tertiary/aromatic N) is 4. The van der Waals surface area contributed by atoms with Gasteiger partial charge >= 0.3 is 0 Å². The van der Waals surface area contributed by atoms with Gasteiger partial charge in [0.1, 0.15) is 0 Å². The number of hydrogen-bond donors (Lipinski definition) is 1. The molecular formula is C9H11N5. The van der Waals surface area contributed by atoms with Crippen LogP contribution in [0.3, 0.4) is 0 Å². The van der Waals surface area contributed by atoms with Gasteiger partial charge in [-0.15, -0.1) is 0 Å². The highest BCUT2D eigenvalue weighted by molar-refractivity contribution is 5.74. The Morgan fingerprint density at radius 2 is 2.36 bits per heavy atom. The summed E-state index contributed by atoms with van der Waals surface area (Å²) in [6, 6.07) is 1.89. The van der Waals surface area contributed by atoms with Gasteiger partial charge in [0.05, 0.1) is 23.6 Å². The van der Waals surface area contributed by atoms with Crippen LogP contribution in [0.5, 0.6) is 0 Å². The van der Waals surface area contributed by atoms with Crippen molar-refractivity contribution in [3.05, 3.63) is 18.5 Å². The zero-order valence-corrected chi connectivity index (χ0v) is 8.10. The van der Waals surface area contributed by atoms with Crippen LogP contribution in [-0.4, -0.2) is 40.3 Å². The number of aliphatic imine (C=N–C) groups is 1. The highest BCUT2D eigenvalue weighted by Gasteiger charge is 1.97. The summed E-state index contributed by atoms with van der Waals surface area (Å²) in [7, 11) is 3.80. The Morgan fingerprint density at radius 1 is 1.50 bits per heavy atom. The molecule has 5 nitrogen and oxygen atoms in total. The molecule has 0 atom stereocenters. The first-order valence-corrected chi connectivity index (χ1v) is 4.26. The summed E-state index contributed by atoms with van der Waals surface area (Å²) in [5.41, 5.74) is 1.81. The Morgan fingerprint density at radius 3 is 3.14 bits per heavy atom. The molecule has 0 fully saturated rings. The van der Waals surface area contributed by atoms with Crippen LogP contribution in [0, 0.1) is 0 Å². The molecule has 0 aromatic carbocycles. The second kappa shape index (κ2) is 3.45. The summed E-state index contributed by atoms with van der Waals surface area (Å²) >= 11 is 0. The van der Waals surface area contributed by atoms with Gasteiger partial charge in [0.15, 0.2) is 0 Å². The first-order valence-electron chi connectivity index (χ1n) is 4.26. The maximum absolute atomic E-state index is 4.24. The van der Waals surface area contributed by atoms with E-state index in [2.05, 4.69) is 19.9 Å². The number of aromatic nitrogens is 3. The third kappa shape index (κ3) is 1.71. The zero-order valence-electron chi connectivity index (χ0n) is 8.10. The summed E-state index contributed by atoms with van der Waals surface area (Å²) in [5.74, 6) is 0.478. The molecular weight excluding hydrogens is 178 g/mol. The highest BCUT2D eigenvalue weighted by Crippen LogP contribution is 2.11. The SMILES string of the molecule is CN(C)/C=N/c1ncc2[nH]ccc2n1. The average molecular weight is 189 g/mol. The predicted molar refractivity (Wildman–Crippen MR) is 55.7 cm³/mol. The van der Waals surface area contributed by atoms with Crippen LogP contribution in [0.15, 0.2) is 23.5 Å². The summed E-state index contributed by atoms with van der Waals surface area (Å²) < 4.78 is 0. The van der Waals surface area contributed by atoms with E-state index in [1.165, 1.54) is 0 Å². The van der Waals surface area contributed by atoms with E-state index < -0.39 is 0 Å². The number of fused-ring (bicyclic) bond motifs is 1. The highest BCUT2D eigenvalue weighted by atomic mass is 15.1. The molecule has 0 aliphatic rings. The molecule has 0 saturated carbocycles. The Hall–Kier alpha value is -1.91. The minimum Gasteiger partial charge on any atom is -0.369 e. The fourth-order valence-corrected chi connectivity index (χ4v) is 1.06. The Kier molecular flexibility index (Phi) is 2.14. The van der Waals surface area contributed by atoms with Gasteiger partial charge in [-0.25, -0.2) is 15.0 Å². The fourth-order valence-electron chi connectivity index (χ4n) is 1.06. The molecule has 2 aromatic heterocycles. The molecule has 0 spiro atoms. The lowest BCUT2D eigenvalue weighted by atomic mass is 10.5. The minimum absolute atomic E-state index is 0.478. The topological polar surface area (TPSA) is 57.2 Å². The molecule has 2 rings (SSSR count). The van der Waals surface area contributed by atoms with Crippen molar-refractivity contribution < 1.29 is 0 Å². The first-order chi connectivity index (χ1) is 6.75. The van der Waals surface area contributed by atoms with Gasteiger partial charge < -0.3 is 9.88 Å². The molecule has 1 N–H and O–H groups in total. The number of nitrogens with one attached hydrogen (secondary N) is 1. The van der Waals surface area contributed by atoms with Crippen LogP contribution in [0.4, 0.5) is 5.95 Å². The van der Waals surface area contributed by atoms with E-state index in [-0.39, 0.29) is 0 Å².